The summed E-state index contributed by atoms with van der Waals surface area (Å²) in [5, 5.41) is 13.6. The van der Waals surface area contributed by atoms with Crippen molar-refractivity contribution in [3.8, 4) is 0 Å². The summed E-state index contributed by atoms with van der Waals surface area (Å²) in [6.07, 6.45) is 10.2. The van der Waals surface area contributed by atoms with Crippen LogP contribution in [0, 0.1) is 11.3 Å². The van der Waals surface area contributed by atoms with Gasteiger partial charge in [0.2, 0.25) is 0 Å². The zero-order valence-corrected chi connectivity index (χ0v) is 11.5. The first-order valence-electron chi connectivity index (χ1n) is 7.47. The lowest BCUT2D eigenvalue weighted by Gasteiger charge is -2.20. The Kier molecular flexibility index (Phi) is 4.48. The van der Waals surface area contributed by atoms with Crippen molar-refractivity contribution in [1.29, 1.82) is 0 Å². The standard InChI is InChI=1S/C15H29NO/c1-15(2)8-7-13(10-15)16-11-14(17)9-12-5-3-4-6-12/h12-14,16-17H,3-11H2,1-2H3. The molecule has 2 N–H and O–H groups in total. The van der Waals surface area contributed by atoms with Gasteiger partial charge in [-0.3, -0.25) is 0 Å². The zero-order chi connectivity index (χ0) is 12.3. The predicted molar refractivity (Wildman–Crippen MR) is 72.0 cm³/mol. The number of rotatable bonds is 5. The van der Waals surface area contributed by atoms with Gasteiger partial charge in [-0.2, -0.15) is 0 Å². The van der Waals surface area contributed by atoms with Crippen molar-refractivity contribution in [2.75, 3.05) is 6.54 Å². The number of aliphatic hydroxyl groups excluding tert-OH is 1. The minimum atomic E-state index is -0.123. The second-order valence-electron chi connectivity index (χ2n) is 7.05. The molecule has 2 saturated carbocycles. The van der Waals surface area contributed by atoms with E-state index >= 15 is 0 Å². The van der Waals surface area contributed by atoms with Gasteiger partial charge >= 0.3 is 0 Å². The molecule has 2 heteroatoms. The highest BCUT2D eigenvalue weighted by atomic mass is 16.3. The summed E-state index contributed by atoms with van der Waals surface area (Å²) in [6, 6.07) is 0.642. The van der Waals surface area contributed by atoms with Crippen LogP contribution in [0.1, 0.15) is 65.2 Å². The second kappa shape index (κ2) is 5.71. The van der Waals surface area contributed by atoms with Crippen molar-refractivity contribution in [1.82, 2.24) is 5.32 Å². The lowest BCUT2D eigenvalue weighted by molar-refractivity contribution is 0.136. The lowest BCUT2D eigenvalue weighted by Crippen LogP contribution is -2.35. The Labute approximate surface area is 106 Å². The van der Waals surface area contributed by atoms with Crippen LogP contribution < -0.4 is 5.32 Å². The summed E-state index contributed by atoms with van der Waals surface area (Å²) in [5.74, 6) is 0.798. The first-order valence-corrected chi connectivity index (χ1v) is 7.47. The molecule has 2 unspecified atom stereocenters. The third-order valence-electron chi connectivity index (χ3n) is 4.69. The summed E-state index contributed by atoms with van der Waals surface area (Å²) in [6.45, 7) is 5.50. The van der Waals surface area contributed by atoms with Crippen molar-refractivity contribution >= 4 is 0 Å². The summed E-state index contributed by atoms with van der Waals surface area (Å²) in [7, 11) is 0. The van der Waals surface area contributed by atoms with E-state index in [9.17, 15) is 5.11 Å². The Balaban J connectivity index is 1.61. The topological polar surface area (TPSA) is 32.3 Å². The molecule has 0 aromatic carbocycles. The van der Waals surface area contributed by atoms with Gasteiger partial charge in [0.15, 0.2) is 0 Å². The molecule has 17 heavy (non-hydrogen) atoms. The van der Waals surface area contributed by atoms with Crippen molar-refractivity contribution in [2.24, 2.45) is 11.3 Å². The molecule has 0 radical (unpaired) electrons. The third-order valence-corrected chi connectivity index (χ3v) is 4.69. The van der Waals surface area contributed by atoms with E-state index in [1.807, 2.05) is 0 Å². The van der Waals surface area contributed by atoms with Gasteiger partial charge in [-0.15, -0.1) is 0 Å². The van der Waals surface area contributed by atoms with E-state index in [1.54, 1.807) is 0 Å². The lowest BCUT2D eigenvalue weighted by atomic mass is 9.92. The highest BCUT2D eigenvalue weighted by Gasteiger charge is 2.30. The molecule has 0 spiro atoms. The van der Waals surface area contributed by atoms with E-state index in [4.69, 9.17) is 0 Å². The van der Waals surface area contributed by atoms with E-state index in [0.29, 0.717) is 11.5 Å². The maximum Gasteiger partial charge on any atom is 0.0667 e. The average molecular weight is 239 g/mol. The Morgan fingerprint density at radius 1 is 1.24 bits per heavy atom. The van der Waals surface area contributed by atoms with Gasteiger partial charge in [0.1, 0.15) is 0 Å². The molecule has 0 aliphatic heterocycles. The quantitative estimate of drug-likeness (QED) is 0.772. The Morgan fingerprint density at radius 2 is 1.94 bits per heavy atom. The molecule has 0 aromatic rings. The molecule has 2 aliphatic rings. The van der Waals surface area contributed by atoms with E-state index < -0.39 is 0 Å². The third kappa shape index (κ3) is 4.26. The van der Waals surface area contributed by atoms with E-state index in [-0.39, 0.29) is 6.10 Å². The normalized spacial score (nSPS) is 30.9. The highest BCUT2D eigenvalue weighted by Crippen LogP contribution is 2.37. The molecule has 2 rings (SSSR count). The van der Waals surface area contributed by atoms with Gasteiger partial charge in [-0.05, 0) is 37.0 Å². The Morgan fingerprint density at radius 3 is 2.53 bits per heavy atom. The van der Waals surface area contributed by atoms with Crippen molar-refractivity contribution < 1.29 is 5.11 Å². The van der Waals surface area contributed by atoms with E-state index in [2.05, 4.69) is 19.2 Å². The van der Waals surface area contributed by atoms with Crippen LogP contribution in [0.3, 0.4) is 0 Å². The fourth-order valence-electron chi connectivity index (χ4n) is 3.63. The van der Waals surface area contributed by atoms with E-state index in [1.165, 1.54) is 44.9 Å². The fraction of sp³-hybridized carbons (Fsp3) is 1.00. The number of nitrogens with one attached hydrogen (secondary N) is 1. The smallest absolute Gasteiger partial charge is 0.0667 e. The minimum absolute atomic E-state index is 0.123. The number of aliphatic hydroxyl groups is 1. The van der Waals surface area contributed by atoms with Crippen molar-refractivity contribution in [3.05, 3.63) is 0 Å². The largest absolute Gasteiger partial charge is 0.392 e. The van der Waals surface area contributed by atoms with Crippen LogP contribution >= 0.6 is 0 Å². The molecule has 2 aliphatic carbocycles. The average Bonchev–Trinajstić information content (AvgIpc) is 2.85. The maximum atomic E-state index is 10.0. The van der Waals surface area contributed by atoms with Crippen molar-refractivity contribution in [2.45, 2.75) is 77.4 Å². The van der Waals surface area contributed by atoms with Crippen molar-refractivity contribution in [3.63, 3.8) is 0 Å². The predicted octanol–water partition coefficient (Wildman–Crippen LogP) is 3.10. The number of hydrogen-bond acceptors (Lipinski definition) is 2. The molecule has 0 heterocycles. The van der Waals surface area contributed by atoms with Gasteiger partial charge in [0.25, 0.3) is 0 Å². The van der Waals surface area contributed by atoms with Crippen LogP contribution in [-0.2, 0) is 0 Å². The first-order chi connectivity index (χ1) is 8.05. The summed E-state index contributed by atoms with van der Waals surface area (Å²) in [5.41, 5.74) is 0.508. The molecule has 2 nitrogen and oxygen atoms in total. The molecule has 0 amide bonds. The molecular formula is C15H29NO. The molecule has 100 valence electrons. The van der Waals surface area contributed by atoms with Crippen LogP contribution in [0.2, 0.25) is 0 Å². The van der Waals surface area contributed by atoms with Crippen LogP contribution in [0.25, 0.3) is 0 Å². The summed E-state index contributed by atoms with van der Waals surface area (Å²) in [4.78, 5) is 0. The zero-order valence-electron chi connectivity index (χ0n) is 11.5. The van der Waals surface area contributed by atoms with E-state index in [0.717, 1.165) is 18.9 Å². The Bertz CT molecular complexity index is 233. The number of hydrogen-bond donors (Lipinski definition) is 2. The van der Waals surface area contributed by atoms with Crippen LogP contribution in [0.5, 0.6) is 0 Å². The molecule has 2 atom stereocenters. The van der Waals surface area contributed by atoms with Crippen LogP contribution in [-0.4, -0.2) is 23.8 Å². The fourth-order valence-corrected chi connectivity index (χ4v) is 3.63. The molecule has 0 saturated heterocycles. The Hall–Kier alpha value is -0.0800. The van der Waals surface area contributed by atoms with Crippen LogP contribution in [0.4, 0.5) is 0 Å². The molecule has 0 aromatic heterocycles. The van der Waals surface area contributed by atoms with Gasteiger partial charge in [0, 0.05) is 12.6 Å². The van der Waals surface area contributed by atoms with Crippen LogP contribution in [0.15, 0.2) is 0 Å². The second-order valence-corrected chi connectivity index (χ2v) is 7.05. The monoisotopic (exact) mass is 239 g/mol. The van der Waals surface area contributed by atoms with Gasteiger partial charge < -0.3 is 10.4 Å². The van der Waals surface area contributed by atoms with Gasteiger partial charge in [-0.1, -0.05) is 39.5 Å². The van der Waals surface area contributed by atoms with Gasteiger partial charge in [0.05, 0.1) is 6.10 Å². The summed E-state index contributed by atoms with van der Waals surface area (Å²) < 4.78 is 0. The maximum absolute atomic E-state index is 10.0. The molecular weight excluding hydrogens is 210 g/mol. The van der Waals surface area contributed by atoms with Gasteiger partial charge in [-0.25, -0.2) is 0 Å². The highest BCUT2D eigenvalue weighted by molar-refractivity contribution is 4.87. The summed E-state index contributed by atoms with van der Waals surface area (Å²) >= 11 is 0. The molecule has 0 bridgehead atoms. The molecule has 2 fully saturated rings. The first kappa shape index (κ1) is 13.4. The SMILES string of the molecule is CC1(C)CCC(NCC(O)CC2CCCC2)C1. The minimum Gasteiger partial charge on any atom is -0.392 e.